The highest BCUT2D eigenvalue weighted by Crippen LogP contribution is 2.39. The molecule has 2 heterocycles. The molecule has 1 aliphatic rings. The number of phenolic OH excluding ortho intramolecular Hbond substituents is 3. The molecule has 33 heavy (non-hydrogen) atoms. The van der Waals surface area contributed by atoms with E-state index >= 15 is 0 Å². The Kier molecular flexibility index (Phi) is 5.80. The number of hydrogen-bond acceptors (Lipinski definition) is 11. The quantitative estimate of drug-likeness (QED) is 0.316. The van der Waals surface area contributed by atoms with Gasteiger partial charge in [-0.25, -0.2) is 0 Å². The molecule has 3 aromatic rings. The lowest BCUT2D eigenvalue weighted by Crippen LogP contribution is -2.38. The van der Waals surface area contributed by atoms with E-state index < -0.39 is 47.6 Å². The summed E-state index contributed by atoms with van der Waals surface area (Å²) in [4.78, 5) is 13.3. The number of methoxy groups -OCH3 is 1. The van der Waals surface area contributed by atoms with Gasteiger partial charge in [-0.2, -0.15) is 0 Å². The monoisotopic (exact) mass is 462 g/mol. The van der Waals surface area contributed by atoms with Gasteiger partial charge in [0.15, 0.2) is 17.3 Å². The lowest BCUT2D eigenvalue weighted by atomic mass is 10.1. The number of ether oxygens (including phenoxy) is 3. The summed E-state index contributed by atoms with van der Waals surface area (Å²) in [6.07, 6.45) is -7.00. The molecule has 0 radical (unpaired) electrons. The van der Waals surface area contributed by atoms with Crippen molar-refractivity contribution in [1.29, 1.82) is 0 Å². The summed E-state index contributed by atoms with van der Waals surface area (Å²) in [5, 5.41) is 59.9. The summed E-state index contributed by atoms with van der Waals surface area (Å²) >= 11 is 0. The summed E-state index contributed by atoms with van der Waals surface area (Å²) in [5.41, 5.74) is -0.815. The Morgan fingerprint density at radius 1 is 1.03 bits per heavy atom. The number of phenols is 3. The summed E-state index contributed by atoms with van der Waals surface area (Å²) < 4.78 is 21.9. The summed E-state index contributed by atoms with van der Waals surface area (Å²) in [7, 11) is 1.32. The van der Waals surface area contributed by atoms with Gasteiger partial charge in [0.2, 0.25) is 17.5 Å². The van der Waals surface area contributed by atoms with Crippen molar-refractivity contribution in [1.82, 2.24) is 0 Å². The Labute approximate surface area is 186 Å². The van der Waals surface area contributed by atoms with Crippen LogP contribution in [0.3, 0.4) is 0 Å². The van der Waals surface area contributed by atoms with Gasteiger partial charge in [0.1, 0.15) is 40.8 Å². The standard InChI is InChI=1S/C22H22O11/c1-8(23)19-17(28)18(29)22(32-19)33-21-16(27)15-12(26)6-10(24)7-14(15)31-20(21)9-3-4-11(25)13(5-9)30-2/h3-8,17-19,22-26,28-29H,1-2H3/t8-,17+,18-,19+,22+/m1/s1. The first kappa shape index (κ1) is 22.7. The predicted octanol–water partition coefficient (Wildman–Crippen LogP) is 0.792. The molecule has 176 valence electrons. The lowest BCUT2D eigenvalue weighted by molar-refractivity contribution is -0.129. The average molecular weight is 462 g/mol. The first-order valence-electron chi connectivity index (χ1n) is 9.88. The molecule has 0 aliphatic carbocycles. The van der Waals surface area contributed by atoms with Crippen molar-refractivity contribution in [2.75, 3.05) is 7.11 Å². The van der Waals surface area contributed by atoms with Crippen LogP contribution in [0, 0.1) is 0 Å². The van der Waals surface area contributed by atoms with E-state index in [9.17, 15) is 35.4 Å². The Morgan fingerprint density at radius 3 is 2.39 bits per heavy atom. The molecule has 11 heteroatoms. The maximum absolute atomic E-state index is 13.3. The fourth-order valence-electron chi connectivity index (χ4n) is 3.67. The van der Waals surface area contributed by atoms with Gasteiger partial charge in [-0.05, 0) is 25.1 Å². The molecule has 1 fully saturated rings. The zero-order valence-electron chi connectivity index (χ0n) is 17.5. The minimum atomic E-state index is -1.62. The largest absolute Gasteiger partial charge is 0.508 e. The second kappa shape index (κ2) is 8.45. The molecule has 0 saturated carbocycles. The van der Waals surface area contributed by atoms with Crippen LogP contribution in [0.15, 0.2) is 39.5 Å². The normalized spacial score (nSPS) is 23.5. The van der Waals surface area contributed by atoms with Gasteiger partial charge in [0, 0.05) is 17.7 Å². The first-order chi connectivity index (χ1) is 15.6. The summed E-state index contributed by atoms with van der Waals surface area (Å²) in [6, 6.07) is 6.11. The highest BCUT2D eigenvalue weighted by Gasteiger charge is 2.47. The van der Waals surface area contributed by atoms with Gasteiger partial charge < -0.3 is 49.3 Å². The number of benzene rings is 2. The Balaban J connectivity index is 1.91. The van der Waals surface area contributed by atoms with Crippen LogP contribution >= 0.6 is 0 Å². The van der Waals surface area contributed by atoms with Gasteiger partial charge in [-0.15, -0.1) is 0 Å². The lowest BCUT2D eigenvalue weighted by Gasteiger charge is -2.19. The Bertz CT molecular complexity index is 1250. The molecule has 0 spiro atoms. The van der Waals surface area contributed by atoms with Crippen LogP contribution in [0.4, 0.5) is 0 Å². The number of rotatable bonds is 5. The molecule has 1 aliphatic heterocycles. The molecule has 0 amide bonds. The number of aliphatic hydroxyl groups excluding tert-OH is 3. The minimum absolute atomic E-state index is 0.0571. The molecular weight excluding hydrogens is 440 g/mol. The Hall–Kier alpha value is -3.51. The fraction of sp³-hybridized carbons (Fsp3) is 0.318. The van der Waals surface area contributed by atoms with E-state index in [2.05, 4.69) is 0 Å². The van der Waals surface area contributed by atoms with E-state index in [1.54, 1.807) is 0 Å². The van der Waals surface area contributed by atoms with Gasteiger partial charge in [0.25, 0.3) is 0 Å². The summed E-state index contributed by atoms with van der Waals surface area (Å²) in [6.45, 7) is 1.35. The zero-order chi connectivity index (χ0) is 24.0. The van der Waals surface area contributed by atoms with Crippen LogP contribution in [0.5, 0.6) is 28.7 Å². The third-order valence-electron chi connectivity index (χ3n) is 5.33. The molecule has 11 nitrogen and oxygen atoms in total. The maximum Gasteiger partial charge on any atom is 0.239 e. The number of aliphatic hydroxyl groups is 3. The van der Waals surface area contributed by atoms with Gasteiger partial charge >= 0.3 is 0 Å². The summed E-state index contributed by atoms with van der Waals surface area (Å²) in [5.74, 6) is -1.74. The van der Waals surface area contributed by atoms with E-state index in [0.717, 1.165) is 12.1 Å². The maximum atomic E-state index is 13.3. The van der Waals surface area contributed by atoms with E-state index in [1.165, 1.54) is 32.2 Å². The van der Waals surface area contributed by atoms with Crippen LogP contribution in [0.1, 0.15) is 6.92 Å². The fourth-order valence-corrected chi connectivity index (χ4v) is 3.67. The highest BCUT2D eigenvalue weighted by molar-refractivity contribution is 5.88. The van der Waals surface area contributed by atoms with Crippen molar-refractivity contribution in [3.05, 3.63) is 40.6 Å². The molecule has 0 bridgehead atoms. The van der Waals surface area contributed by atoms with Crippen LogP contribution in [-0.2, 0) is 4.74 Å². The zero-order valence-corrected chi connectivity index (χ0v) is 17.5. The highest BCUT2D eigenvalue weighted by atomic mass is 16.7. The van der Waals surface area contributed by atoms with E-state index in [4.69, 9.17) is 18.6 Å². The van der Waals surface area contributed by atoms with Crippen LogP contribution in [0.2, 0.25) is 0 Å². The first-order valence-corrected chi connectivity index (χ1v) is 9.88. The molecule has 5 atom stereocenters. The van der Waals surface area contributed by atoms with E-state index in [0.29, 0.717) is 0 Å². The second-order valence-electron chi connectivity index (χ2n) is 7.62. The number of hydrogen-bond donors (Lipinski definition) is 6. The minimum Gasteiger partial charge on any atom is -0.508 e. The smallest absolute Gasteiger partial charge is 0.239 e. The molecule has 4 rings (SSSR count). The van der Waals surface area contributed by atoms with E-state index in [-0.39, 0.29) is 39.5 Å². The van der Waals surface area contributed by atoms with Crippen molar-refractivity contribution in [2.45, 2.75) is 37.6 Å². The predicted molar refractivity (Wildman–Crippen MR) is 112 cm³/mol. The van der Waals surface area contributed by atoms with Crippen molar-refractivity contribution in [2.24, 2.45) is 0 Å². The molecular formula is C22H22O11. The van der Waals surface area contributed by atoms with Crippen molar-refractivity contribution in [3.63, 3.8) is 0 Å². The molecule has 1 saturated heterocycles. The Morgan fingerprint density at radius 2 is 1.76 bits per heavy atom. The second-order valence-corrected chi connectivity index (χ2v) is 7.62. The third kappa shape index (κ3) is 3.91. The van der Waals surface area contributed by atoms with Gasteiger partial charge in [-0.1, -0.05) is 0 Å². The third-order valence-corrected chi connectivity index (χ3v) is 5.33. The molecule has 0 unspecified atom stereocenters. The molecule has 2 aromatic carbocycles. The van der Waals surface area contributed by atoms with Crippen molar-refractivity contribution >= 4 is 11.0 Å². The van der Waals surface area contributed by atoms with Crippen LogP contribution < -0.4 is 14.9 Å². The van der Waals surface area contributed by atoms with Crippen molar-refractivity contribution in [3.8, 4) is 40.1 Å². The molecule has 6 N–H and O–H groups in total. The van der Waals surface area contributed by atoms with Gasteiger partial charge in [-0.3, -0.25) is 4.79 Å². The number of fused-ring (bicyclic) bond motifs is 1. The average Bonchev–Trinajstić information content (AvgIpc) is 3.04. The van der Waals surface area contributed by atoms with E-state index in [1.807, 2.05) is 0 Å². The molecule has 1 aromatic heterocycles. The SMILES string of the molecule is COc1cc(-c2oc3cc(O)cc(O)c3c(=O)c2O[C@@H]2O[C@@H]([C@@H](C)O)[C@@H](O)[C@H]2O)ccc1O. The van der Waals surface area contributed by atoms with Crippen molar-refractivity contribution < 1.29 is 49.3 Å². The van der Waals surface area contributed by atoms with Crippen LogP contribution in [0.25, 0.3) is 22.3 Å². The van der Waals surface area contributed by atoms with Crippen LogP contribution in [-0.4, -0.2) is 68.5 Å². The number of aromatic hydroxyl groups is 3. The topological polar surface area (TPSA) is 179 Å². The van der Waals surface area contributed by atoms with Gasteiger partial charge in [0.05, 0.1) is 13.2 Å².